The maximum absolute atomic E-state index is 6.15. The lowest BCUT2D eigenvalue weighted by molar-refractivity contribution is 1.12. The molecule has 0 radical (unpaired) electrons. The minimum absolute atomic E-state index is 0.518. The normalized spacial score (nSPS) is 10.4. The summed E-state index contributed by atoms with van der Waals surface area (Å²) in [6.07, 6.45) is 1.56. The Bertz CT molecular complexity index is 593. The number of rotatable bonds is 1. The average molecular weight is 271 g/mol. The number of aromatic amines is 1. The predicted molar refractivity (Wildman–Crippen MR) is 69.6 cm³/mol. The van der Waals surface area contributed by atoms with Crippen LogP contribution in [0.15, 0.2) is 24.5 Å². The summed E-state index contributed by atoms with van der Waals surface area (Å²) in [6.45, 7) is 1.90. The number of aromatic nitrogens is 2. The van der Waals surface area contributed by atoms with Gasteiger partial charge in [0.15, 0.2) is 0 Å². The second-order valence-corrected chi connectivity index (χ2v) is 4.48. The Kier molecular flexibility index (Phi) is 3.28. The van der Waals surface area contributed by atoms with Crippen LogP contribution in [0.4, 0.5) is 0 Å². The van der Waals surface area contributed by atoms with E-state index < -0.39 is 0 Å². The van der Waals surface area contributed by atoms with Crippen molar-refractivity contribution in [3.05, 3.63) is 44.8 Å². The molecule has 1 heterocycles. The van der Waals surface area contributed by atoms with Crippen LogP contribution in [0, 0.1) is 11.6 Å². The number of benzene rings is 1. The lowest BCUT2D eigenvalue weighted by atomic mass is 10.1. The second kappa shape index (κ2) is 4.53. The van der Waals surface area contributed by atoms with Crippen LogP contribution in [0.2, 0.25) is 10.0 Å². The van der Waals surface area contributed by atoms with Gasteiger partial charge in [-0.3, -0.25) is 0 Å². The molecule has 0 saturated heterocycles. The molecule has 0 amide bonds. The summed E-state index contributed by atoms with van der Waals surface area (Å²) in [5, 5.41) is 1.04. The number of H-pyrrole nitrogens is 1. The van der Waals surface area contributed by atoms with E-state index >= 15 is 0 Å². The average Bonchev–Trinajstić information content (AvgIpc) is 2.27. The third kappa shape index (κ3) is 1.98. The first-order chi connectivity index (χ1) is 7.61. The van der Waals surface area contributed by atoms with Crippen molar-refractivity contribution in [1.29, 1.82) is 0 Å². The highest BCUT2D eigenvalue weighted by Gasteiger charge is 2.10. The van der Waals surface area contributed by atoms with Crippen LogP contribution in [-0.2, 0) is 0 Å². The maximum atomic E-state index is 6.15. The summed E-state index contributed by atoms with van der Waals surface area (Å²) >= 11 is 17.2. The SMILES string of the molecule is Cc1c(-c2cccc(Cl)c2Cl)[nH]cnc1=S. The molecule has 0 saturated carbocycles. The first-order valence-electron chi connectivity index (χ1n) is 4.60. The molecule has 2 nitrogen and oxygen atoms in total. The molecule has 0 atom stereocenters. The number of hydrogen-bond donors (Lipinski definition) is 1. The number of halogens is 2. The summed E-state index contributed by atoms with van der Waals surface area (Å²) < 4.78 is 0.560. The summed E-state index contributed by atoms with van der Waals surface area (Å²) in [6, 6.07) is 5.49. The molecule has 16 heavy (non-hydrogen) atoms. The van der Waals surface area contributed by atoms with E-state index in [2.05, 4.69) is 9.97 Å². The molecule has 82 valence electrons. The Labute approximate surface area is 108 Å². The monoisotopic (exact) mass is 270 g/mol. The second-order valence-electron chi connectivity index (χ2n) is 3.31. The van der Waals surface area contributed by atoms with E-state index in [1.54, 1.807) is 12.4 Å². The Hall–Kier alpha value is -0.900. The van der Waals surface area contributed by atoms with E-state index in [1.165, 1.54) is 0 Å². The fourth-order valence-corrected chi connectivity index (χ4v) is 1.99. The molecule has 1 aromatic heterocycles. The molecular formula is C11H8Cl2N2S. The third-order valence-corrected chi connectivity index (χ3v) is 3.54. The van der Waals surface area contributed by atoms with Crippen LogP contribution < -0.4 is 0 Å². The zero-order valence-corrected chi connectivity index (χ0v) is 10.7. The largest absolute Gasteiger partial charge is 0.345 e. The number of hydrogen-bond acceptors (Lipinski definition) is 2. The molecule has 1 N–H and O–H groups in total. The van der Waals surface area contributed by atoms with Crippen LogP contribution >= 0.6 is 35.4 Å². The van der Waals surface area contributed by atoms with Gasteiger partial charge in [0, 0.05) is 11.1 Å². The van der Waals surface area contributed by atoms with E-state index in [0.717, 1.165) is 16.8 Å². The van der Waals surface area contributed by atoms with E-state index in [4.69, 9.17) is 35.4 Å². The van der Waals surface area contributed by atoms with Gasteiger partial charge >= 0.3 is 0 Å². The fourth-order valence-electron chi connectivity index (χ4n) is 1.44. The van der Waals surface area contributed by atoms with E-state index in [0.29, 0.717) is 14.7 Å². The van der Waals surface area contributed by atoms with Crippen molar-refractivity contribution in [2.24, 2.45) is 0 Å². The number of nitrogens with one attached hydrogen (secondary N) is 1. The molecule has 0 bridgehead atoms. The first kappa shape index (κ1) is 11.6. The maximum Gasteiger partial charge on any atom is 0.132 e. The van der Waals surface area contributed by atoms with Crippen molar-refractivity contribution in [3.8, 4) is 11.3 Å². The Balaban J connectivity index is 2.73. The molecule has 0 fully saturated rings. The van der Waals surface area contributed by atoms with Crippen molar-refractivity contribution in [1.82, 2.24) is 9.97 Å². The van der Waals surface area contributed by atoms with Crippen LogP contribution in [0.3, 0.4) is 0 Å². The smallest absolute Gasteiger partial charge is 0.132 e. The fraction of sp³-hybridized carbons (Fsp3) is 0.0909. The molecule has 0 aliphatic heterocycles. The number of nitrogens with zero attached hydrogens (tertiary/aromatic N) is 1. The van der Waals surface area contributed by atoms with Crippen molar-refractivity contribution in [2.75, 3.05) is 0 Å². The lowest BCUT2D eigenvalue weighted by Gasteiger charge is -2.08. The Morgan fingerprint density at radius 2 is 2.06 bits per heavy atom. The van der Waals surface area contributed by atoms with Crippen molar-refractivity contribution < 1.29 is 0 Å². The molecule has 1 aromatic carbocycles. The van der Waals surface area contributed by atoms with Crippen LogP contribution in [0.25, 0.3) is 11.3 Å². The van der Waals surface area contributed by atoms with Crippen molar-refractivity contribution in [3.63, 3.8) is 0 Å². The standard InChI is InChI=1S/C11H8Cl2N2S/c1-6-10(14-5-15-11(6)16)7-3-2-4-8(12)9(7)13/h2-5H,1H3,(H,14,15,16). The summed E-state index contributed by atoms with van der Waals surface area (Å²) in [5.74, 6) is 0. The molecule has 5 heteroatoms. The van der Waals surface area contributed by atoms with Gasteiger partial charge in [0.25, 0.3) is 0 Å². The van der Waals surface area contributed by atoms with Crippen LogP contribution in [0.5, 0.6) is 0 Å². The van der Waals surface area contributed by atoms with Gasteiger partial charge in [-0.15, -0.1) is 0 Å². The highest BCUT2D eigenvalue weighted by molar-refractivity contribution is 7.71. The van der Waals surface area contributed by atoms with Gasteiger partial charge in [0.1, 0.15) is 4.64 Å². The van der Waals surface area contributed by atoms with Crippen molar-refractivity contribution >= 4 is 35.4 Å². The zero-order valence-electron chi connectivity index (χ0n) is 8.42. The Morgan fingerprint density at radius 1 is 1.31 bits per heavy atom. The summed E-state index contributed by atoms with van der Waals surface area (Å²) in [7, 11) is 0. The minimum Gasteiger partial charge on any atom is -0.345 e. The van der Waals surface area contributed by atoms with Gasteiger partial charge in [-0.1, -0.05) is 47.6 Å². The first-order valence-corrected chi connectivity index (χ1v) is 5.76. The highest BCUT2D eigenvalue weighted by atomic mass is 35.5. The molecule has 0 aliphatic rings. The topological polar surface area (TPSA) is 28.7 Å². The van der Waals surface area contributed by atoms with Gasteiger partial charge in [-0.2, -0.15) is 0 Å². The van der Waals surface area contributed by atoms with Gasteiger partial charge in [-0.25, -0.2) is 4.98 Å². The quantitative estimate of drug-likeness (QED) is 0.778. The van der Waals surface area contributed by atoms with Crippen LogP contribution in [0.1, 0.15) is 5.56 Å². The molecule has 0 aliphatic carbocycles. The van der Waals surface area contributed by atoms with Gasteiger partial charge in [-0.05, 0) is 13.0 Å². The molecule has 0 unspecified atom stereocenters. The van der Waals surface area contributed by atoms with Crippen molar-refractivity contribution in [2.45, 2.75) is 6.92 Å². The lowest BCUT2D eigenvalue weighted by Crippen LogP contribution is -1.92. The molecule has 2 rings (SSSR count). The zero-order chi connectivity index (χ0) is 11.7. The summed E-state index contributed by atoms with van der Waals surface area (Å²) in [4.78, 5) is 7.04. The predicted octanol–water partition coefficient (Wildman–Crippen LogP) is 4.42. The molecule has 0 spiro atoms. The van der Waals surface area contributed by atoms with E-state index in [1.807, 2.05) is 19.1 Å². The van der Waals surface area contributed by atoms with E-state index in [9.17, 15) is 0 Å². The van der Waals surface area contributed by atoms with Gasteiger partial charge < -0.3 is 4.98 Å². The third-order valence-electron chi connectivity index (χ3n) is 2.31. The van der Waals surface area contributed by atoms with E-state index in [-0.39, 0.29) is 0 Å². The van der Waals surface area contributed by atoms with Gasteiger partial charge in [0.2, 0.25) is 0 Å². The van der Waals surface area contributed by atoms with Crippen LogP contribution in [-0.4, -0.2) is 9.97 Å². The Morgan fingerprint density at radius 3 is 2.81 bits per heavy atom. The highest BCUT2D eigenvalue weighted by Crippen LogP contribution is 2.33. The molecular weight excluding hydrogens is 263 g/mol. The summed E-state index contributed by atoms with van der Waals surface area (Å²) in [5.41, 5.74) is 2.58. The molecule has 2 aromatic rings. The minimum atomic E-state index is 0.518. The van der Waals surface area contributed by atoms with Gasteiger partial charge in [0.05, 0.1) is 22.1 Å².